The Bertz CT molecular complexity index is 1430. The number of rotatable bonds is 5. The maximum Gasteiger partial charge on any atom is 0.295 e. The van der Waals surface area contributed by atoms with Gasteiger partial charge in [-0.05, 0) is 24.3 Å². The van der Waals surface area contributed by atoms with Gasteiger partial charge in [-0.1, -0.05) is 18.2 Å². The molecule has 182 valence electrons. The molecule has 0 aliphatic carbocycles. The fraction of sp³-hybridized carbons (Fsp3) is 0.231. The van der Waals surface area contributed by atoms with Gasteiger partial charge in [-0.15, -0.1) is 0 Å². The molecule has 1 aromatic carbocycles. The molecular formula is C26H22N4O6. The SMILES string of the molecule is COc1cnc(C2C=CC(=C=O)O2)c2[nH]cc(C(=O)C(=O)N3CCN(C(=O)c4ccccc4)CC3)c12. The van der Waals surface area contributed by atoms with Crippen molar-refractivity contribution in [2.45, 2.75) is 6.10 Å². The number of allylic oxidation sites excluding steroid dienone is 1. The number of amides is 2. The highest BCUT2D eigenvalue weighted by atomic mass is 16.5. The predicted molar refractivity (Wildman–Crippen MR) is 128 cm³/mol. The summed E-state index contributed by atoms with van der Waals surface area (Å²) in [6.45, 7) is 1.15. The van der Waals surface area contributed by atoms with Gasteiger partial charge >= 0.3 is 0 Å². The summed E-state index contributed by atoms with van der Waals surface area (Å²) in [5.41, 5.74) is 1.63. The number of aromatic nitrogens is 2. The van der Waals surface area contributed by atoms with Crippen molar-refractivity contribution in [2.75, 3.05) is 33.3 Å². The Morgan fingerprint density at radius 1 is 1.11 bits per heavy atom. The van der Waals surface area contributed by atoms with Crippen molar-refractivity contribution in [3.05, 3.63) is 77.5 Å². The van der Waals surface area contributed by atoms with Gasteiger partial charge in [-0.25, -0.2) is 4.79 Å². The first kappa shape index (κ1) is 23.1. The van der Waals surface area contributed by atoms with Crippen LogP contribution < -0.4 is 4.74 Å². The summed E-state index contributed by atoms with van der Waals surface area (Å²) in [5.74, 6) is 0.597. The standard InChI is InChI=1S/C26H22N4O6/c1-35-20-14-28-22(19-8-7-17(15-31)36-19)23-21(20)18(13-27-23)24(32)26(34)30-11-9-29(10-12-30)25(33)16-5-3-2-4-6-16/h2-8,13-14,19,27H,9-12H2,1H3. The molecule has 2 aliphatic rings. The van der Waals surface area contributed by atoms with Crippen molar-refractivity contribution in [2.24, 2.45) is 0 Å². The van der Waals surface area contributed by atoms with E-state index < -0.39 is 17.8 Å². The summed E-state index contributed by atoms with van der Waals surface area (Å²) in [4.78, 5) is 60.5. The molecule has 2 aliphatic heterocycles. The topological polar surface area (TPSA) is 122 Å². The number of nitrogens with one attached hydrogen (secondary N) is 1. The van der Waals surface area contributed by atoms with Crippen LogP contribution in [-0.2, 0) is 14.3 Å². The maximum atomic E-state index is 13.3. The molecule has 2 aromatic heterocycles. The van der Waals surface area contributed by atoms with E-state index in [0.717, 1.165) is 0 Å². The minimum atomic E-state index is -0.698. The smallest absolute Gasteiger partial charge is 0.295 e. The number of benzene rings is 1. The monoisotopic (exact) mass is 486 g/mol. The van der Waals surface area contributed by atoms with Crippen molar-refractivity contribution >= 4 is 34.4 Å². The number of nitrogens with zero attached hydrogens (tertiary/aromatic N) is 3. The van der Waals surface area contributed by atoms with Crippen LogP contribution in [0.15, 0.2) is 60.6 Å². The molecule has 0 spiro atoms. The van der Waals surface area contributed by atoms with E-state index in [1.165, 1.54) is 30.5 Å². The number of carbonyl (C=O) groups is 3. The van der Waals surface area contributed by atoms with Crippen LogP contribution in [0, 0.1) is 0 Å². The molecule has 10 heteroatoms. The van der Waals surface area contributed by atoms with Gasteiger partial charge in [0.25, 0.3) is 17.6 Å². The van der Waals surface area contributed by atoms with Crippen LogP contribution >= 0.6 is 0 Å². The van der Waals surface area contributed by atoms with Gasteiger partial charge in [-0.2, -0.15) is 0 Å². The molecule has 0 radical (unpaired) electrons. The quantitative estimate of drug-likeness (QED) is 0.333. The number of carbonyl (C=O) groups excluding carboxylic acids is 4. The van der Waals surface area contributed by atoms with Crippen LogP contribution in [0.1, 0.15) is 32.5 Å². The van der Waals surface area contributed by atoms with Gasteiger partial charge < -0.3 is 24.3 Å². The molecule has 1 atom stereocenters. The molecule has 1 unspecified atom stereocenters. The number of methoxy groups -OCH3 is 1. The van der Waals surface area contributed by atoms with Crippen LogP contribution in [0.3, 0.4) is 0 Å². The molecule has 1 fully saturated rings. The lowest BCUT2D eigenvalue weighted by Gasteiger charge is -2.34. The molecule has 2 amide bonds. The van der Waals surface area contributed by atoms with Crippen molar-refractivity contribution in [3.8, 4) is 5.75 Å². The minimum Gasteiger partial charge on any atom is -0.494 e. The zero-order chi connectivity index (χ0) is 25.2. The summed E-state index contributed by atoms with van der Waals surface area (Å²) in [7, 11) is 1.45. The van der Waals surface area contributed by atoms with Gasteiger partial charge in [0.05, 0.1) is 29.8 Å². The first-order chi connectivity index (χ1) is 17.5. The Hall–Kier alpha value is -4.69. The van der Waals surface area contributed by atoms with E-state index in [-0.39, 0.29) is 30.3 Å². The summed E-state index contributed by atoms with van der Waals surface area (Å²) in [5, 5.41) is 0.402. The lowest BCUT2D eigenvalue weighted by atomic mass is 10.1. The Morgan fingerprint density at radius 2 is 1.83 bits per heavy atom. The molecule has 10 nitrogen and oxygen atoms in total. The van der Waals surface area contributed by atoms with E-state index in [1.807, 2.05) is 6.07 Å². The number of hydrogen-bond acceptors (Lipinski definition) is 7. The van der Waals surface area contributed by atoms with Gasteiger partial charge in [0.15, 0.2) is 12.0 Å². The third-order valence-electron chi connectivity index (χ3n) is 6.28. The fourth-order valence-corrected chi connectivity index (χ4v) is 4.42. The molecule has 1 N–H and O–H groups in total. The highest BCUT2D eigenvalue weighted by Crippen LogP contribution is 2.36. The van der Waals surface area contributed by atoms with Gasteiger partial charge in [0, 0.05) is 37.9 Å². The molecule has 4 heterocycles. The minimum absolute atomic E-state index is 0.0497. The molecule has 0 bridgehead atoms. The van der Waals surface area contributed by atoms with E-state index in [0.29, 0.717) is 41.0 Å². The molecule has 3 aromatic rings. The van der Waals surface area contributed by atoms with E-state index in [4.69, 9.17) is 9.47 Å². The second-order valence-corrected chi connectivity index (χ2v) is 8.31. The maximum absolute atomic E-state index is 13.3. The lowest BCUT2D eigenvalue weighted by Crippen LogP contribution is -2.52. The van der Waals surface area contributed by atoms with Crippen LogP contribution in [0.2, 0.25) is 0 Å². The normalized spacial score (nSPS) is 17.1. The number of ether oxygens (including phenoxy) is 2. The Balaban J connectivity index is 1.35. The Labute approximate surface area is 205 Å². The van der Waals surface area contributed by atoms with Crippen molar-refractivity contribution < 1.29 is 28.7 Å². The van der Waals surface area contributed by atoms with E-state index in [2.05, 4.69) is 9.97 Å². The molecule has 36 heavy (non-hydrogen) atoms. The summed E-state index contributed by atoms with van der Waals surface area (Å²) in [6, 6.07) is 8.94. The molecule has 5 rings (SSSR count). The fourth-order valence-electron chi connectivity index (χ4n) is 4.42. The van der Waals surface area contributed by atoms with Crippen LogP contribution in [0.25, 0.3) is 10.9 Å². The number of fused-ring (bicyclic) bond motifs is 1. The molecule has 1 saturated heterocycles. The number of H-pyrrole nitrogens is 1. The van der Waals surface area contributed by atoms with Crippen LogP contribution in [0.4, 0.5) is 0 Å². The van der Waals surface area contributed by atoms with Crippen LogP contribution in [0.5, 0.6) is 5.75 Å². The highest BCUT2D eigenvalue weighted by molar-refractivity contribution is 6.45. The highest BCUT2D eigenvalue weighted by Gasteiger charge is 2.32. The second kappa shape index (κ2) is 9.52. The molecular weight excluding hydrogens is 464 g/mol. The van der Waals surface area contributed by atoms with E-state index >= 15 is 0 Å². The Morgan fingerprint density at radius 3 is 2.50 bits per heavy atom. The third-order valence-corrected chi connectivity index (χ3v) is 6.28. The van der Waals surface area contributed by atoms with Crippen molar-refractivity contribution in [1.29, 1.82) is 0 Å². The summed E-state index contributed by atoms with van der Waals surface area (Å²) in [6.07, 6.45) is 5.39. The zero-order valence-electron chi connectivity index (χ0n) is 19.4. The van der Waals surface area contributed by atoms with Crippen molar-refractivity contribution in [3.63, 3.8) is 0 Å². The number of pyridine rings is 1. The Kier molecular flexibility index (Phi) is 6.10. The van der Waals surface area contributed by atoms with E-state index in [1.54, 1.807) is 41.2 Å². The number of Topliss-reactive ketones (excluding diaryl/α,β-unsaturated/α-hetero) is 1. The summed E-state index contributed by atoms with van der Waals surface area (Å²) < 4.78 is 10.9. The lowest BCUT2D eigenvalue weighted by molar-refractivity contribution is -0.127. The second-order valence-electron chi connectivity index (χ2n) is 8.31. The first-order valence-corrected chi connectivity index (χ1v) is 11.3. The van der Waals surface area contributed by atoms with Gasteiger partial charge in [-0.3, -0.25) is 19.4 Å². The number of ketones is 1. The number of piperazine rings is 1. The van der Waals surface area contributed by atoms with E-state index in [9.17, 15) is 19.2 Å². The number of aromatic amines is 1. The average Bonchev–Trinajstić information content (AvgIpc) is 3.60. The van der Waals surface area contributed by atoms with Gasteiger partial charge in [0.1, 0.15) is 11.4 Å². The molecule has 0 saturated carbocycles. The van der Waals surface area contributed by atoms with Crippen molar-refractivity contribution in [1.82, 2.24) is 19.8 Å². The summed E-state index contributed by atoms with van der Waals surface area (Å²) >= 11 is 0. The largest absolute Gasteiger partial charge is 0.494 e. The average molecular weight is 486 g/mol. The zero-order valence-corrected chi connectivity index (χ0v) is 19.4. The predicted octanol–water partition coefficient (Wildman–Crippen LogP) is 2.08. The third kappa shape index (κ3) is 4.03. The first-order valence-electron chi connectivity index (χ1n) is 11.3. The number of hydrogen-bond donors (Lipinski definition) is 1. The van der Waals surface area contributed by atoms with Crippen LogP contribution in [-0.4, -0.2) is 76.6 Å². The van der Waals surface area contributed by atoms with Gasteiger partial charge in [0.2, 0.25) is 5.76 Å².